The van der Waals surface area contributed by atoms with Gasteiger partial charge in [-0.1, -0.05) is 0 Å². The monoisotopic (exact) mass is 330 g/mol. The number of rotatable bonds is 5. The van der Waals surface area contributed by atoms with E-state index in [0.29, 0.717) is 25.2 Å². The molecule has 19 heavy (non-hydrogen) atoms. The first-order valence-electron chi connectivity index (χ1n) is 5.94. The summed E-state index contributed by atoms with van der Waals surface area (Å²) in [6, 6.07) is 5.41. The number of hydrogen-bond acceptors (Lipinski definition) is 4. The fourth-order valence-electron chi connectivity index (χ4n) is 1.92. The average molecular weight is 331 g/mol. The smallest absolute Gasteiger partial charge is 0.332 e. The summed E-state index contributed by atoms with van der Waals surface area (Å²) in [5.74, 6) is 0.513. The Balaban J connectivity index is 1.88. The molecule has 2 rings (SSSR count). The van der Waals surface area contributed by atoms with Gasteiger partial charge in [0.25, 0.3) is 0 Å². The highest BCUT2D eigenvalue weighted by Gasteiger charge is 2.30. The van der Waals surface area contributed by atoms with E-state index >= 15 is 0 Å². The van der Waals surface area contributed by atoms with E-state index in [0.717, 1.165) is 10.2 Å². The van der Waals surface area contributed by atoms with Crippen LogP contribution in [-0.4, -0.2) is 37.0 Å². The van der Waals surface area contributed by atoms with E-state index in [2.05, 4.69) is 15.9 Å². The van der Waals surface area contributed by atoms with Crippen molar-refractivity contribution in [1.82, 2.24) is 0 Å². The zero-order valence-electron chi connectivity index (χ0n) is 10.5. The van der Waals surface area contributed by atoms with Gasteiger partial charge in [0.2, 0.25) is 0 Å². The molecular formula is C13H15BrO5. The highest BCUT2D eigenvalue weighted by molar-refractivity contribution is 9.10. The molecule has 104 valence electrons. The Morgan fingerprint density at radius 2 is 2.32 bits per heavy atom. The van der Waals surface area contributed by atoms with E-state index in [1.54, 1.807) is 19.2 Å². The van der Waals surface area contributed by atoms with Crippen LogP contribution < -0.4 is 9.47 Å². The van der Waals surface area contributed by atoms with E-state index in [1.807, 2.05) is 6.07 Å². The van der Waals surface area contributed by atoms with Crippen LogP contribution in [0, 0.1) is 0 Å². The van der Waals surface area contributed by atoms with Crippen LogP contribution in [0.25, 0.3) is 0 Å². The van der Waals surface area contributed by atoms with Gasteiger partial charge in [-0.25, -0.2) is 4.79 Å². The van der Waals surface area contributed by atoms with Crippen molar-refractivity contribution in [3.05, 3.63) is 22.7 Å². The van der Waals surface area contributed by atoms with Crippen molar-refractivity contribution in [2.75, 3.05) is 13.7 Å². The second kappa shape index (κ2) is 6.25. The molecule has 1 heterocycles. The zero-order valence-corrected chi connectivity index (χ0v) is 12.1. The third-order valence-corrected chi connectivity index (χ3v) is 3.57. The largest absolute Gasteiger partial charge is 0.497 e. The predicted octanol–water partition coefficient (Wildman–Crippen LogP) is 2.47. The number of benzene rings is 1. The summed E-state index contributed by atoms with van der Waals surface area (Å²) in [7, 11) is 1.60. The van der Waals surface area contributed by atoms with Crippen molar-refractivity contribution in [1.29, 1.82) is 0 Å². The van der Waals surface area contributed by atoms with Crippen molar-refractivity contribution in [3.63, 3.8) is 0 Å². The second-order valence-corrected chi connectivity index (χ2v) is 5.12. The van der Waals surface area contributed by atoms with Gasteiger partial charge >= 0.3 is 5.97 Å². The summed E-state index contributed by atoms with van der Waals surface area (Å²) in [5, 5.41) is 8.83. The van der Waals surface area contributed by atoms with Gasteiger partial charge in [-0.2, -0.15) is 0 Å². The molecule has 1 N–H and O–H groups in total. The maximum Gasteiger partial charge on any atom is 0.332 e. The number of halogens is 1. The molecule has 1 aromatic rings. The Morgan fingerprint density at radius 1 is 1.53 bits per heavy atom. The minimum Gasteiger partial charge on any atom is -0.497 e. The topological polar surface area (TPSA) is 65.0 Å². The van der Waals surface area contributed by atoms with Gasteiger partial charge in [-0.3, -0.25) is 0 Å². The Labute approximate surface area is 119 Å². The van der Waals surface area contributed by atoms with Crippen LogP contribution in [-0.2, 0) is 9.53 Å². The molecule has 2 atom stereocenters. The molecule has 0 amide bonds. The first kappa shape index (κ1) is 14.1. The molecular weight excluding hydrogens is 316 g/mol. The van der Waals surface area contributed by atoms with Crippen molar-refractivity contribution in [2.45, 2.75) is 25.0 Å². The molecule has 0 aromatic heterocycles. The average Bonchev–Trinajstić information content (AvgIpc) is 2.86. The third kappa shape index (κ3) is 3.61. The molecule has 0 aliphatic carbocycles. The van der Waals surface area contributed by atoms with Gasteiger partial charge in [0.15, 0.2) is 6.10 Å². The van der Waals surface area contributed by atoms with Crippen LogP contribution in [0.5, 0.6) is 11.5 Å². The molecule has 0 spiro atoms. The zero-order chi connectivity index (χ0) is 13.8. The Bertz CT molecular complexity index is 462. The SMILES string of the molecule is COc1ccc(OCC2CCC(C(=O)O)O2)c(Br)c1. The van der Waals surface area contributed by atoms with Crippen molar-refractivity contribution in [2.24, 2.45) is 0 Å². The highest BCUT2D eigenvalue weighted by Crippen LogP contribution is 2.30. The lowest BCUT2D eigenvalue weighted by molar-refractivity contribution is -0.149. The van der Waals surface area contributed by atoms with Gasteiger partial charge in [-0.05, 0) is 47.0 Å². The number of methoxy groups -OCH3 is 1. The maximum absolute atomic E-state index is 10.8. The number of aliphatic carboxylic acids is 1. The van der Waals surface area contributed by atoms with E-state index in [9.17, 15) is 4.79 Å². The van der Waals surface area contributed by atoms with Crippen LogP contribution in [0.2, 0.25) is 0 Å². The van der Waals surface area contributed by atoms with Gasteiger partial charge in [0, 0.05) is 0 Å². The van der Waals surface area contributed by atoms with Gasteiger partial charge < -0.3 is 19.3 Å². The molecule has 5 nitrogen and oxygen atoms in total. The predicted molar refractivity (Wildman–Crippen MR) is 71.7 cm³/mol. The van der Waals surface area contributed by atoms with Crippen LogP contribution in [0.15, 0.2) is 22.7 Å². The quantitative estimate of drug-likeness (QED) is 0.898. The summed E-state index contributed by atoms with van der Waals surface area (Å²) in [6.45, 7) is 0.342. The lowest BCUT2D eigenvalue weighted by Crippen LogP contribution is -2.23. The molecule has 1 aromatic carbocycles. The lowest BCUT2D eigenvalue weighted by Gasteiger charge is -2.14. The van der Waals surface area contributed by atoms with Gasteiger partial charge in [0.05, 0.1) is 17.7 Å². The molecule has 0 saturated carbocycles. The minimum absolute atomic E-state index is 0.171. The standard InChI is InChI=1S/C13H15BrO5/c1-17-8-2-4-11(10(14)6-8)18-7-9-3-5-12(19-9)13(15)16/h2,4,6,9,12H,3,5,7H2,1H3,(H,15,16). The van der Waals surface area contributed by atoms with E-state index < -0.39 is 12.1 Å². The summed E-state index contributed by atoms with van der Waals surface area (Å²) < 4.78 is 16.9. The van der Waals surface area contributed by atoms with Crippen LogP contribution >= 0.6 is 15.9 Å². The van der Waals surface area contributed by atoms with E-state index in [1.165, 1.54) is 0 Å². The van der Waals surface area contributed by atoms with Crippen molar-refractivity contribution < 1.29 is 24.1 Å². The molecule has 1 saturated heterocycles. The van der Waals surface area contributed by atoms with E-state index in [-0.39, 0.29) is 6.10 Å². The van der Waals surface area contributed by atoms with E-state index in [4.69, 9.17) is 19.3 Å². The van der Waals surface area contributed by atoms with Crippen LogP contribution in [0.3, 0.4) is 0 Å². The molecule has 1 fully saturated rings. The first-order chi connectivity index (χ1) is 9.10. The fourth-order valence-corrected chi connectivity index (χ4v) is 2.39. The third-order valence-electron chi connectivity index (χ3n) is 2.95. The Kier molecular flexibility index (Phi) is 4.66. The van der Waals surface area contributed by atoms with Crippen molar-refractivity contribution in [3.8, 4) is 11.5 Å². The number of carboxylic acids is 1. The van der Waals surface area contributed by atoms with Crippen LogP contribution in [0.1, 0.15) is 12.8 Å². The number of ether oxygens (including phenoxy) is 3. The maximum atomic E-state index is 10.8. The molecule has 2 unspecified atom stereocenters. The highest BCUT2D eigenvalue weighted by atomic mass is 79.9. The fraction of sp³-hybridized carbons (Fsp3) is 0.462. The molecule has 0 radical (unpaired) electrons. The molecule has 1 aliphatic rings. The summed E-state index contributed by atoms with van der Waals surface area (Å²) in [6.07, 6.45) is 0.362. The Hall–Kier alpha value is -1.27. The summed E-state index contributed by atoms with van der Waals surface area (Å²) in [4.78, 5) is 10.8. The normalized spacial score (nSPS) is 22.2. The van der Waals surface area contributed by atoms with Gasteiger partial charge in [-0.15, -0.1) is 0 Å². The number of carbonyl (C=O) groups is 1. The molecule has 1 aliphatic heterocycles. The Morgan fingerprint density at radius 3 is 2.89 bits per heavy atom. The van der Waals surface area contributed by atoms with Gasteiger partial charge in [0.1, 0.15) is 18.1 Å². The summed E-state index contributed by atoms with van der Waals surface area (Å²) >= 11 is 3.39. The molecule has 6 heteroatoms. The summed E-state index contributed by atoms with van der Waals surface area (Å²) in [5.41, 5.74) is 0. The lowest BCUT2D eigenvalue weighted by atomic mass is 10.2. The van der Waals surface area contributed by atoms with Crippen LogP contribution in [0.4, 0.5) is 0 Å². The number of carboxylic acid groups (broad SMARTS) is 1. The first-order valence-corrected chi connectivity index (χ1v) is 6.74. The molecule has 0 bridgehead atoms. The second-order valence-electron chi connectivity index (χ2n) is 4.27. The minimum atomic E-state index is -0.909. The number of hydrogen-bond donors (Lipinski definition) is 1. The van der Waals surface area contributed by atoms with Crippen molar-refractivity contribution >= 4 is 21.9 Å².